The summed E-state index contributed by atoms with van der Waals surface area (Å²) in [6, 6.07) is 1.66. The molecule has 1 rings (SSSR count). The lowest BCUT2D eigenvalue weighted by Gasteiger charge is -2.10. The first-order valence-electron chi connectivity index (χ1n) is 4.21. The minimum Gasteiger partial charge on any atom is -0.481 e. The molecule has 0 aromatic carbocycles. The summed E-state index contributed by atoms with van der Waals surface area (Å²) in [6.07, 6.45) is -1.12. The van der Waals surface area contributed by atoms with Crippen molar-refractivity contribution >= 4 is 17.7 Å². The highest BCUT2D eigenvalue weighted by Gasteiger charge is 2.11. The number of carbonyl (C=O) groups is 1. The van der Waals surface area contributed by atoms with Gasteiger partial charge in [-0.15, -0.1) is 0 Å². The number of nitrogens with zero attached hydrogens (tertiary/aromatic N) is 1. The Hall–Kier alpha value is -1.49. The van der Waals surface area contributed by atoms with Crippen LogP contribution in [0, 0.1) is 6.92 Å². The molecule has 0 fully saturated rings. The van der Waals surface area contributed by atoms with Crippen molar-refractivity contribution in [2.24, 2.45) is 0 Å². The molecule has 0 spiro atoms. The minimum absolute atomic E-state index is 0.0740. The van der Waals surface area contributed by atoms with Crippen LogP contribution in [0.5, 0.6) is 5.88 Å². The second-order valence-electron chi connectivity index (χ2n) is 2.89. The van der Waals surface area contributed by atoms with Gasteiger partial charge in [0.2, 0.25) is 5.88 Å². The highest BCUT2D eigenvalue weighted by atomic mass is 35.5. The number of carboxylic acid groups (broad SMARTS) is 1. The Morgan fingerprint density at radius 1 is 1.73 bits per heavy atom. The number of pyridine rings is 1. The summed E-state index contributed by atoms with van der Waals surface area (Å²) in [5.41, 5.74) is 1.25. The number of halogens is 1. The molecule has 0 atom stereocenters. The highest BCUT2D eigenvalue weighted by molar-refractivity contribution is 6.31. The predicted molar refractivity (Wildman–Crippen MR) is 55.4 cm³/mol. The number of hydrogen-bond donors (Lipinski definition) is 2. The van der Waals surface area contributed by atoms with Crippen LogP contribution in [-0.2, 0) is 6.54 Å². The van der Waals surface area contributed by atoms with Gasteiger partial charge in [-0.25, -0.2) is 9.78 Å². The topological polar surface area (TPSA) is 71.5 Å². The second kappa shape index (κ2) is 4.84. The molecule has 2 N–H and O–H groups in total. The summed E-state index contributed by atoms with van der Waals surface area (Å²) in [6.45, 7) is 1.85. The minimum atomic E-state index is -1.12. The van der Waals surface area contributed by atoms with Gasteiger partial charge in [-0.1, -0.05) is 11.6 Å². The van der Waals surface area contributed by atoms with E-state index < -0.39 is 6.09 Å². The second-order valence-corrected chi connectivity index (χ2v) is 3.30. The number of nitrogens with one attached hydrogen (secondary N) is 1. The maximum Gasteiger partial charge on any atom is 0.404 e. The van der Waals surface area contributed by atoms with E-state index in [2.05, 4.69) is 10.3 Å². The van der Waals surface area contributed by atoms with Gasteiger partial charge < -0.3 is 15.2 Å². The number of ether oxygens (including phenoxy) is 1. The van der Waals surface area contributed by atoms with Crippen molar-refractivity contribution in [2.45, 2.75) is 13.5 Å². The van der Waals surface area contributed by atoms with Crippen LogP contribution in [0.1, 0.15) is 11.3 Å². The molecule has 1 heterocycles. The molecule has 1 aromatic rings. The zero-order chi connectivity index (χ0) is 11.4. The van der Waals surface area contributed by atoms with Gasteiger partial charge in [0.25, 0.3) is 0 Å². The van der Waals surface area contributed by atoms with E-state index in [9.17, 15) is 4.79 Å². The van der Waals surface area contributed by atoms with Gasteiger partial charge in [0.15, 0.2) is 0 Å². The Balaban J connectivity index is 2.98. The molecule has 0 radical (unpaired) electrons. The summed E-state index contributed by atoms with van der Waals surface area (Å²) in [5.74, 6) is 0.341. The summed E-state index contributed by atoms with van der Waals surface area (Å²) in [7, 11) is 1.46. The molecule has 0 aliphatic rings. The number of aromatic nitrogens is 1. The summed E-state index contributed by atoms with van der Waals surface area (Å²) in [5, 5.41) is 11.1. The monoisotopic (exact) mass is 230 g/mol. The van der Waals surface area contributed by atoms with Gasteiger partial charge in [0.05, 0.1) is 24.2 Å². The first-order chi connectivity index (χ1) is 7.04. The Morgan fingerprint density at radius 3 is 2.93 bits per heavy atom. The maximum absolute atomic E-state index is 10.3. The van der Waals surface area contributed by atoms with E-state index >= 15 is 0 Å². The molecule has 0 unspecified atom stereocenters. The van der Waals surface area contributed by atoms with Crippen molar-refractivity contribution in [3.8, 4) is 5.88 Å². The van der Waals surface area contributed by atoms with Crippen LogP contribution in [0.15, 0.2) is 6.07 Å². The van der Waals surface area contributed by atoms with Gasteiger partial charge in [-0.05, 0) is 13.0 Å². The first-order valence-corrected chi connectivity index (χ1v) is 4.59. The Labute approximate surface area is 92.0 Å². The van der Waals surface area contributed by atoms with Gasteiger partial charge in [0.1, 0.15) is 0 Å². The van der Waals surface area contributed by atoms with E-state index in [1.807, 2.05) is 0 Å². The number of amides is 1. The molecule has 0 saturated heterocycles. The molecule has 0 aliphatic carbocycles. The molecule has 82 valence electrons. The summed E-state index contributed by atoms with van der Waals surface area (Å²) >= 11 is 5.94. The maximum atomic E-state index is 10.3. The van der Waals surface area contributed by atoms with Gasteiger partial charge in [-0.3, -0.25) is 0 Å². The van der Waals surface area contributed by atoms with Crippen LogP contribution in [0.4, 0.5) is 4.79 Å². The number of aryl methyl sites for hydroxylation is 1. The van der Waals surface area contributed by atoms with E-state index in [1.54, 1.807) is 13.0 Å². The summed E-state index contributed by atoms with van der Waals surface area (Å²) < 4.78 is 5.01. The van der Waals surface area contributed by atoms with Crippen molar-refractivity contribution in [3.63, 3.8) is 0 Å². The SMILES string of the molecule is COc1nc(C)cc(Cl)c1CNC(=O)O. The van der Waals surface area contributed by atoms with Crippen LogP contribution < -0.4 is 10.1 Å². The molecule has 1 amide bonds. The van der Waals surface area contributed by atoms with E-state index in [0.29, 0.717) is 16.5 Å². The van der Waals surface area contributed by atoms with E-state index in [1.165, 1.54) is 7.11 Å². The quantitative estimate of drug-likeness (QED) is 0.831. The predicted octanol–water partition coefficient (Wildman–Crippen LogP) is 1.82. The number of hydrogen-bond acceptors (Lipinski definition) is 3. The molecular formula is C9H11ClN2O3. The number of rotatable bonds is 3. The van der Waals surface area contributed by atoms with E-state index in [4.69, 9.17) is 21.4 Å². The van der Waals surface area contributed by atoms with Crippen molar-refractivity contribution in [1.29, 1.82) is 0 Å². The van der Waals surface area contributed by atoms with Gasteiger partial charge in [-0.2, -0.15) is 0 Å². The molecule has 1 aromatic heterocycles. The lowest BCUT2D eigenvalue weighted by atomic mass is 10.2. The van der Waals surface area contributed by atoms with Crippen molar-refractivity contribution < 1.29 is 14.6 Å². The fourth-order valence-electron chi connectivity index (χ4n) is 1.13. The van der Waals surface area contributed by atoms with E-state index in [-0.39, 0.29) is 6.54 Å². The molecule has 5 nitrogen and oxygen atoms in total. The average Bonchev–Trinajstić information content (AvgIpc) is 2.14. The van der Waals surface area contributed by atoms with Crippen LogP contribution >= 0.6 is 11.6 Å². The van der Waals surface area contributed by atoms with Crippen LogP contribution in [-0.4, -0.2) is 23.3 Å². The zero-order valence-electron chi connectivity index (χ0n) is 8.37. The van der Waals surface area contributed by atoms with Crippen LogP contribution in [0.2, 0.25) is 5.02 Å². The molecule has 0 saturated carbocycles. The molecule has 6 heteroatoms. The summed E-state index contributed by atoms with van der Waals surface area (Å²) in [4.78, 5) is 14.4. The fourth-order valence-corrected chi connectivity index (χ4v) is 1.43. The van der Waals surface area contributed by atoms with Crippen molar-refractivity contribution in [1.82, 2.24) is 10.3 Å². The van der Waals surface area contributed by atoms with Crippen molar-refractivity contribution in [2.75, 3.05) is 7.11 Å². The first kappa shape index (κ1) is 11.6. The lowest BCUT2D eigenvalue weighted by molar-refractivity contribution is 0.194. The zero-order valence-corrected chi connectivity index (χ0v) is 9.13. The standard InChI is InChI=1S/C9H11ClN2O3/c1-5-3-7(10)6(4-11-9(13)14)8(12-5)15-2/h3,11H,4H2,1-2H3,(H,13,14). The number of methoxy groups -OCH3 is 1. The van der Waals surface area contributed by atoms with Crippen molar-refractivity contribution in [3.05, 3.63) is 22.3 Å². The third-order valence-corrected chi connectivity index (χ3v) is 2.11. The highest BCUT2D eigenvalue weighted by Crippen LogP contribution is 2.25. The smallest absolute Gasteiger partial charge is 0.404 e. The largest absolute Gasteiger partial charge is 0.481 e. The fraction of sp³-hybridized carbons (Fsp3) is 0.333. The third-order valence-electron chi connectivity index (χ3n) is 1.77. The van der Waals surface area contributed by atoms with Crippen LogP contribution in [0.25, 0.3) is 0 Å². The van der Waals surface area contributed by atoms with Gasteiger partial charge >= 0.3 is 6.09 Å². The third kappa shape index (κ3) is 2.99. The normalized spacial score (nSPS) is 9.80. The van der Waals surface area contributed by atoms with Gasteiger partial charge in [0, 0.05) is 5.69 Å². The Morgan fingerprint density at radius 2 is 2.40 bits per heavy atom. The van der Waals surface area contributed by atoms with Crippen LogP contribution in [0.3, 0.4) is 0 Å². The Kier molecular flexibility index (Phi) is 3.74. The average molecular weight is 231 g/mol. The van der Waals surface area contributed by atoms with E-state index in [0.717, 1.165) is 5.69 Å². The molecule has 0 bridgehead atoms. The lowest BCUT2D eigenvalue weighted by Crippen LogP contribution is -2.20. The molecule has 15 heavy (non-hydrogen) atoms. The molecular weight excluding hydrogens is 220 g/mol. The Bertz CT molecular complexity index is 382. The molecule has 0 aliphatic heterocycles.